The van der Waals surface area contributed by atoms with Crippen molar-refractivity contribution >= 4 is 5.69 Å². The normalized spacial score (nSPS) is 16.4. The van der Waals surface area contributed by atoms with Crippen molar-refractivity contribution in [1.29, 1.82) is 0 Å². The highest BCUT2D eigenvalue weighted by molar-refractivity contribution is 5.34. The molecule has 1 aromatic carbocycles. The van der Waals surface area contributed by atoms with Gasteiger partial charge in [0.05, 0.1) is 0 Å². The van der Waals surface area contributed by atoms with E-state index in [1.54, 1.807) is 6.08 Å². The number of nitrogens with one attached hydrogen (secondary N) is 1. The van der Waals surface area contributed by atoms with E-state index in [4.69, 9.17) is 0 Å². The first kappa shape index (κ1) is 10.7. The molecule has 0 fully saturated rings. The molecule has 16 heavy (non-hydrogen) atoms. The van der Waals surface area contributed by atoms with E-state index in [1.165, 1.54) is 0 Å². The first-order valence-electron chi connectivity index (χ1n) is 5.19. The maximum atomic E-state index is 12.1. The average molecular weight is 211 g/mol. The first-order chi connectivity index (χ1) is 7.77. The summed E-state index contributed by atoms with van der Waals surface area (Å²) in [6, 6.07) is 9.28. The lowest BCUT2D eigenvalue weighted by Gasteiger charge is -2.21. The first-order valence-corrected chi connectivity index (χ1v) is 5.19. The van der Waals surface area contributed by atoms with Crippen molar-refractivity contribution in [1.82, 2.24) is 0 Å². The van der Waals surface area contributed by atoms with Crippen LogP contribution in [0.15, 0.2) is 71.6 Å². The van der Waals surface area contributed by atoms with Gasteiger partial charge in [-0.25, -0.2) is 0 Å². The molecule has 1 unspecified atom stereocenters. The number of quaternary nitrogens is 1. The Balaban J connectivity index is 2.30. The van der Waals surface area contributed by atoms with E-state index in [0.29, 0.717) is 11.4 Å². The van der Waals surface area contributed by atoms with Crippen LogP contribution in [0.5, 0.6) is 0 Å². The zero-order valence-electron chi connectivity index (χ0n) is 9.10. The van der Waals surface area contributed by atoms with Crippen molar-refractivity contribution in [2.45, 2.75) is 6.92 Å². The summed E-state index contributed by atoms with van der Waals surface area (Å²) in [5.74, 6) is 0. The largest absolute Gasteiger partial charge is 0.623 e. The van der Waals surface area contributed by atoms with Crippen LogP contribution < -0.4 is 5.06 Å². The molecule has 2 rings (SSSR count). The van der Waals surface area contributed by atoms with Gasteiger partial charge < -0.3 is 10.3 Å². The van der Waals surface area contributed by atoms with Crippen LogP contribution in [-0.4, -0.2) is 0 Å². The standard InChI is InChI=1S/C14H13NO/c1-12-6-5-9-14(11-10-12)15(16)13-7-3-2-4-8-13/h2-9,11,15H,1H3. The topological polar surface area (TPSA) is 27.5 Å². The summed E-state index contributed by atoms with van der Waals surface area (Å²) in [4.78, 5) is 0. The highest BCUT2D eigenvalue weighted by atomic mass is 16.5. The Labute approximate surface area is 95.1 Å². The molecule has 0 saturated carbocycles. The van der Waals surface area contributed by atoms with Crippen LogP contribution in [0.25, 0.3) is 0 Å². The summed E-state index contributed by atoms with van der Waals surface area (Å²) in [7, 11) is 0. The molecule has 1 aliphatic rings. The molecule has 2 heteroatoms. The monoisotopic (exact) mass is 211 g/mol. The Hall–Kier alpha value is -1.86. The fraction of sp³-hybridized carbons (Fsp3) is 0.0714. The molecule has 0 aromatic heterocycles. The summed E-state index contributed by atoms with van der Waals surface area (Å²) >= 11 is 0. The fourth-order valence-electron chi connectivity index (χ4n) is 1.48. The highest BCUT2D eigenvalue weighted by Gasteiger charge is 2.06. The van der Waals surface area contributed by atoms with Crippen molar-refractivity contribution in [2.75, 3.05) is 0 Å². The second-order valence-electron chi connectivity index (χ2n) is 3.65. The lowest BCUT2D eigenvalue weighted by atomic mass is 10.3. The maximum Gasteiger partial charge on any atom is 0.144 e. The smallest absolute Gasteiger partial charge is 0.144 e. The summed E-state index contributed by atoms with van der Waals surface area (Å²) < 4.78 is 0. The summed E-state index contributed by atoms with van der Waals surface area (Å²) in [5.41, 5.74) is 5.46. The quantitative estimate of drug-likeness (QED) is 0.589. The average Bonchev–Trinajstić information content (AvgIpc) is 2.54. The molecule has 1 atom stereocenters. The van der Waals surface area contributed by atoms with Crippen LogP contribution in [-0.2, 0) is 0 Å². The lowest BCUT2D eigenvalue weighted by molar-refractivity contribution is -0.727. The molecule has 0 amide bonds. The van der Waals surface area contributed by atoms with E-state index in [1.807, 2.05) is 55.5 Å². The van der Waals surface area contributed by atoms with Crippen LogP contribution in [0.1, 0.15) is 6.92 Å². The van der Waals surface area contributed by atoms with Gasteiger partial charge in [0, 0.05) is 12.2 Å². The van der Waals surface area contributed by atoms with E-state index in [9.17, 15) is 5.21 Å². The lowest BCUT2D eigenvalue weighted by Crippen LogP contribution is -2.99. The summed E-state index contributed by atoms with van der Waals surface area (Å²) in [5, 5.41) is 12.1. The molecular weight excluding hydrogens is 198 g/mol. The number of hydrogen-bond acceptors (Lipinski definition) is 1. The molecular formula is C14H13NO. The van der Waals surface area contributed by atoms with Gasteiger partial charge in [-0.05, 0) is 24.6 Å². The second kappa shape index (κ2) is 4.77. The molecule has 0 bridgehead atoms. The van der Waals surface area contributed by atoms with Gasteiger partial charge in [0.2, 0.25) is 0 Å². The van der Waals surface area contributed by atoms with E-state index in [2.05, 4.69) is 5.73 Å². The van der Waals surface area contributed by atoms with Crippen molar-refractivity contribution < 1.29 is 5.06 Å². The van der Waals surface area contributed by atoms with E-state index in [-0.39, 0.29) is 5.06 Å². The van der Waals surface area contributed by atoms with Crippen molar-refractivity contribution in [3.05, 3.63) is 76.8 Å². The molecule has 2 nitrogen and oxygen atoms in total. The van der Waals surface area contributed by atoms with Gasteiger partial charge in [0.15, 0.2) is 0 Å². The van der Waals surface area contributed by atoms with Gasteiger partial charge in [-0.1, -0.05) is 30.4 Å². The van der Waals surface area contributed by atoms with Gasteiger partial charge in [-0.3, -0.25) is 0 Å². The van der Waals surface area contributed by atoms with Crippen LogP contribution >= 0.6 is 0 Å². The SMILES string of the molecule is CC1=C=CC([NH+]([O-])c2ccccc2)=CC=C1. The van der Waals surface area contributed by atoms with Crippen molar-refractivity contribution in [3.63, 3.8) is 0 Å². The summed E-state index contributed by atoms with van der Waals surface area (Å²) in [6.07, 6.45) is 7.37. The van der Waals surface area contributed by atoms with Crippen LogP contribution in [0, 0.1) is 5.21 Å². The molecule has 0 aliphatic heterocycles. The third-order valence-electron chi connectivity index (χ3n) is 2.38. The number of para-hydroxylation sites is 1. The molecule has 0 saturated heterocycles. The van der Waals surface area contributed by atoms with Crippen LogP contribution in [0.3, 0.4) is 0 Å². The molecule has 80 valence electrons. The molecule has 1 aromatic rings. The van der Waals surface area contributed by atoms with Gasteiger partial charge in [-0.15, -0.1) is 5.73 Å². The van der Waals surface area contributed by atoms with Gasteiger partial charge >= 0.3 is 0 Å². The second-order valence-corrected chi connectivity index (χ2v) is 3.65. The van der Waals surface area contributed by atoms with Gasteiger partial charge in [0.25, 0.3) is 0 Å². The Morgan fingerprint density at radius 1 is 1.19 bits per heavy atom. The molecule has 1 N–H and O–H groups in total. The highest BCUT2D eigenvalue weighted by Crippen LogP contribution is 2.04. The van der Waals surface area contributed by atoms with Gasteiger partial charge in [0.1, 0.15) is 11.4 Å². The number of allylic oxidation sites excluding steroid dienone is 4. The Morgan fingerprint density at radius 2 is 1.94 bits per heavy atom. The van der Waals surface area contributed by atoms with Crippen LogP contribution in [0.2, 0.25) is 0 Å². The fourth-order valence-corrected chi connectivity index (χ4v) is 1.48. The maximum absolute atomic E-state index is 12.1. The molecule has 1 aliphatic carbocycles. The predicted molar refractivity (Wildman–Crippen MR) is 64.9 cm³/mol. The molecule has 0 heterocycles. The minimum absolute atomic E-state index is 0.0347. The molecule has 0 radical (unpaired) electrons. The number of hydrogen-bond donors (Lipinski definition) is 1. The minimum atomic E-state index is 0.0347. The zero-order chi connectivity index (χ0) is 11.4. The predicted octanol–water partition coefficient (Wildman–Crippen LogP) is 2.26. The minimum Gasteiger partial charge on any atom is -0.623 e. The Morgan fingerprint density at radius 3 is 2.69 bits per heavy atom. The third kappa shape index (κ3) is 2.38. The summed E-state index contributed by atoms with van der Waals surface area (Å²) in [6.45, 7) is 1.96. The van der Waals surface area contributed by atoms with Crippen molar-refractivity contribution in [2.24, 2.45) is 0 Å². The van der Waals surface area contributed by atoms with Gasteiger partial charge in [-0.2, -0.15) is 0 Å². The number of hydroxylamine groups is 1. The number of rotatable bonds is 2. The Kier molecular flexibility index (Phi) is 3.18. The molecule has 0 spiro atoms. The number of benzene rings is 1. The Bertz CT molecular complexity index is 491. The van der Waals surface area contributed by atoms with Crippen molar-refractivity contribution in [3.8, 4) is 0 Å². The van der Waals surface area contributed by atoms with E-state index in [0.717, 1.165) is 5.57 Å². The van der Waals surface area contributed by atoms with E-state index < -0.39 is 0 Å². The zero-order valence-corrected chi connectivity index (χ0v) is 9.10. The van der Waals surface area contributed by atoms with E-state index >= 15 is 0 Å². The van der Waals surface area contributed by atoms with Crippen LogP contribution in [0.4, 0.5) is 5.69 Å². The third-order valence-corrected chi connectivity index (χ3v) is 2.38.